The van der Waals surface area contributed by atoms with Crippen molar-refractivity contribution >= 4 is 0 Å². The van der Waals surface area contributed by atoms with E-state index < -0.39 is 0 Å². The molecule has 1 saturated heterocycles. The Labute approximate surface area is 99.7 Å². The topological polar surface area (TPSA) is 41.7 Å². The van der Waals surface area contributed by atoms with Crippen molar-refractivity contribution in [3.05, 3.63) is 0 Å². The zero-order valence-electron chi connectivity index (χ0n) is 10.8. The maximum Gasteiger partial charge on any atom is 0.0593 e. The van der Waals surface area contributed by atoms with Gasteiger partial charge in [-0.15, -0.1) is 0 Å². The van der Waals surface area contributed by atoms with Gasteiger partial charge < -0.3 is 10.5 Å². The number of hydrogen-bond acceptors (Lipinski definition) is 4. The molecule has 1 rings (SSSR count). The lowest BCUT2D eigenvalue weighted by atomic mass is 10.1. The molecule has 0 amide bonds. The fourth-order valence-electron chi connectivity index (χ4n) is 2.26. The number of hydrogen-bond donors (Lipinski definition) is 1. The van der Waals surface area contributed by atoms with Crippen LogP contribution < -0.4 is 5.73 Å². The van der Waals surface area contributed by atoms with Crippen LogP contribution in [-0.2, 0) is 4.74 Å². The smallest absolute Gasteiger partial charge is 0.0593 e. The quantitative estimate of drug-likeness (QED) is 0.641. The van der Waals surface area contributed by atoms with Gasteiger partial charge in [0.1, 0.15) is 0 Å². The van der Waals surface area contributed by atoms with E-state index in [2.05, 4.69) is 16.7 Å². The Balaban J connectivity index is 2.17. The van der Waals surface area contributed by atoms with Gasteiger partial charge in [0, 0.05) is 51.9 Å². The number of rotatable bonds is 7. The fraction of sp³-hybridized carbons (Fsp3) is 1.00. The first-order valence-corrected chi connectivity index (χ1v) is 6.56. The first kappa shape index (κ1) is 13.9. The minimum atomic E-state index is 0.578. The summed E-state index contributed by atoms with van der Waals surface area (Å²) in [6.07, 6.45) is 1.16. The Morgan fingerprint density at radius 3 is 2.38 bits per heavy atom. The summed E-state index contributed by atoms with van der Waals surface area (Å²) in [4.78, 5) is 5.01. The Morgan fingerprint density at radius 2 is 1.88 bits per heavy atom. The van der Waals surface area contributed by atoms with E-state index in [9.17, 15) is 0 Å². The van der Waals surface area contributed by atoms with Crippen LogP contribution in [-0.4, -0.2) is 68.3 Å². The molecule has 0 saturated carbocycles. The number of ether oxygens (including phenoxy) is 1. The van der Waals surface area contributed by atoms with E-state index in [1.54, 1.807) is 0 Å². The van der Waals surface area contributed by atoms with Crippen molar-refractivity contribution in [2.45, 2.75) is 26.3 Å². The van der Waals surface area contributed by atoms with Crippen molar-refractivity contribution in [3.63, 3.8) is 0 Å². The highest BCUT2D eigenvalue weighted by Crippen LogP contribution is 2.08. The van der Waals surface area contributed by atoms with E-state index in [4.69, 9.17) is 10.5 Å². The van der Waals surface area contributed by atoms with Gasteiger partial charge in [0.05, 0.1) is 6.61 Å². The lowest BCUT2D eigenvalue weighted by Crippen LogP contribution is -2.52. The first-order chi connectivity index (χ1) is 7.81. The molecule has 4 heteroatoms. The van der Waals surface area contributed by atoms with Crippen LogP contribution in [0.4, 0.5) is 0 Å². The molecule has 0 bridgehead atoms. The second-order valence-corrected chi connectivity index (χ2v) is 4.37. The molecule has 0 aromatic rings. The van der Waals surface area contributed by atoms with Crippen LogP contribution in [0.15, 0.2) is 0 Å². The first-order valence-electron chi connectivity index (χ1n) is 6.56. The van der Waals surface area contributed by atoms with Gasteiger partial charge >= 0.3 is 0 Å². The van der Waals surface area contributed by atoms with Gasteiger partial charge in [-0.1, -0.05) is 6.92 Å². The summed E-state index contributed by atoms with van der Waals surface area (Å²) in [6.45, 7) is 12.4. The van der Waals surface area contributed by atoms with Crippen LogP contribution in [0, 0.1) is 0 Å². The van der Waals surface area contributed by atoms with Crippen molar-refractivity contribution in [1.82, 2.24) is 9.80 Å². The predicted octanol–water partition coefficient (Wildman–Crippen LogP) is 0.378. The van der Waals surface area contributed by atoms with Crippen molar-refractivity contribution < 1.29 is 4.74 Å². The third kappa shape index (κ3) is 4.37. The molecule has 4 nitrogen and oxygen atoms in total. The fourth-order valence-corrected chi connectivity index (χ4v) is 2.26. The van der Waals surface area contributed by atoms with E-state index in [0.29, 0.717) is 6.04 Å². The van der Waals surface area contributed by atoms with Gasteiger partial charge in [0.2, 0.25) is 0 Å². The van der Waals surface area contributed by atoms with Crippen molar-refractivity contribution in [3.8, 4) is 0 Å². The standard InChI is InChI=1S/C12H27N3O/c1-3-12(11-13)15-7-5-14(6-8-15)9-10-16-4-2/h12H,3-11,13H2,1-2H3. The zero-order valence-corrected chi connectivity index (χ0v) is 10.8. The molecule has 1 aliphatic rings. The minimum absolute atomic E-state index is 0.578. The highest BCUT2D eigenvalue weighted by atomic mass is 16.5. The van der Waals surface area contributed by atoms with E-state index in [-0.39, 0.29) is 0 Å². The number of nitrogens with two attached hydrogens (primary N) is 1. The monoisotopic (exact) mass is 229 g/mol. The molecule has 1 atom stereocenters. The Kier molecular flexibility index (Phi) is 6.96. The minimum Gasteiger partial charge on any atom is -0.380 e. The summed E-state index contributed by atoms with van der Waals surface area (Å²) >= 11 is 0. The molecule has 1 fully saturated rings. The summed E-state index contributed by atoms with van der Waals surface area (Å²) < 4.78 is 5.38. The molecule has 0 radical (unpaired) electrons. The highest BCUT2D eigenvalue weighted by molar-refractivity contribution is 4.78. The van der Waals surface area contributed by atoms with Gasteiger partial charge in [-0.05, 0) is 13.3 Å². The van der Waals surface area contributed by atoms with Crippen LogP contribution in [0.2, 0.25) is 0 Å². The van der Waals surface area contributed by atoms with Crippen molar-refractivity contribution in [2.75, 3.05) is 52.5 Å². The van der Waals surface area contributed by atoms with Crippen LogP contribution in [0.25, 0.3) is 0 Å². The third-order valence-corrected chi connectivity index (χ3v) is 3.42. The average molecular weight is 229 g/mol. The van der Waals surface area contributed by atoms with Crippen molar-refractivity contribution in [2.24, 2.45) is 5.73 Å². The summed E-state index contributed by atoms with van der Waals surface area (Å²) in [5.74, 6) is 0. The van der Waals surface area contributed by atoms with Crippen molar-refractivity contribution in [1.29, 1.82) is 0 Å². The maximum absolute atomic E-state index is 5.77. The molecular weight excluding hydrogens is 202 g/mol. The predicted molar refractivity (Wildman–Crippen MR) is 67.6 cm³/mol. The lowest BCUT2D eigenvalue weighted by molar-refractivity contribution is 0.0650. The Morgan fingerprint density at radius 1 is 1.19 bits per heavy atom. The molecule has 0 aromatic heterocycles. The average Bonchev–Trinajstić information content (AvgIpc) is 2.33. The van der Waals surface area contributed by atoms with Gasteiger partial charge in [-0.3, -0.25) is 9.80 Å². The molecular formula is C12H27N3O. The van der Waals surface area contributed by atoms with Gasteiger partial charge in [-0.2, -0.15) is 0 Å². The molecule has 1 heterocycles. The van der Waals surface area contributed by atoms with Crippen LogP contribution in [0.3, 0.4) is 0 Å². The summed E-state index contributed by atoms with van der Waals surface area (Å²) in [6, 6.07) is 0.578. The molecule has 0 aliphatic carbocycles. The van der Waals surface area contributed by atoms with E-state index in [1.165, 1.54) is 0 Å². The third-order valence-electron chi connectivity index (χ3n) is 3.42. The lowest BCUT2D eigenvalue weighted by Gasteiger charge is -2.38. The molecule has 1 aliphatic heterocycles. The zero-order chi connectivity index (χ0) is 11.8. The second-order valence-electron chi connectivity index (χ2n) is 4.37. The summed E-state index contributed by atoms with van der Waals surface area (Å²) in [5.41, 5.74) is 5.77. The number of piperazine rings is 1. The van der Waals surface area contributed by atoms with Gasteiger partial charge in [-0.25, -0.2) is 0 Å². The molecule has 0 spiro atoms. The molecule has 96 valence electrons. The normalized spacial score (nSPS) is 21.2. The van der Waals surface area contributed by atoms with E-state index in [0.717, 1.165) is 58.9 Å². The molecule has 0 aromatic carbocycles. The highest BCUT2D eigenvalue weighted by Gasteiger charge is 2.21. The van der Waals surface area contributed by atoms with E-state index >= 15 is 0 Å². The second kappa shape index (κ2) is 8.01. The van der Waals surface area contributed by atoms with E-state index in [1.807, 2.05) is 6.92 Å². The maximum atomic E-state index is 5.77. The van der Waals surface area contributed by atoms with Crippen LogP contribution in [0.5, 0.6) is 0 Å². The van der Waals surface area contributed by atoms with Crippen LogP contribution in [0.1, 0.15) is 20.3 Å². The molecule has 2 N–H and O–H groups in total. The molecule has 1 unspecified atom stereocenters. The summed E-state index contributed by atoms with van der Waals surface area (Å²) in [7, 11) is 0. The largest absolute Gasteiger partial charge is 0.380 e. The SMILES string of the molecule is CCOCCN1CCN(C(CC)CN)CC1. The van der Waals surface area contributed by atoms with Gasteiger partial charge in [0.15, 0.2) is 0 Å². The number of nitrogens with zero attached hydrogens (tertiary/aromatic N) is 2. The Bertz CT molecular complexity index is 166. The van der Waals surface area contributed by atoms with Crippen LogP contribution >= 0.6 is 0 Å². The summed E-state index contributed by atoms with van der Waals surface area (Å²) in [5, 5.41) is 0. The van der Waals surface area contributed by atoms with Gasteiger partial charge in [0.25, 0.3) is 0 Å². The molecule has 16 heavy (non-hydrogen) atoms. The Hall–Kier alpha value is -0.160.